The molecule has 0 fully saturated rings. The molecule has 0 heterocycles. The van der Waals surface area contributed by atoms with Crippen molar-refractivity contribution in [2.24, 2.45) is 0 Å². The molecular formula is C17H12N2O. The highest BCUT2D eigenvalue weighted by Gasteiger charge is 2.15. The Morgan fingerprint density at radius 1 is 0.800 bits per heavy atom. The van der Waals surface area contributed by atoms with E-state index in [0.717, 1.165) is 0 Å². The number of carbonyl (C=O) groups is 1. The summed E-state index contributed by atoms with van der Waals surface area (Å²) < 4.78 is 0. The molecule has 0 atom stereocenters. The van der Waals surface area contributed by atoms with Gasteiger partial charge in [0, 0.05) is 11.1 Å². The van der Waals surface area contributed by atoms with Gasteiger partial charge in [0.05, 0.1) is 25.0 Å². The van der Waals surface area contributed by atoms with Crippen molar-refractivity contribution in [1.82, 2.24) is 0 Å². The first-order chi connectivity index (χ1) is 9.77. The highest BCUT2D eigenvalue weighted by atomic mass is 16.1. The SMILES string of the molecule is N#CCc1ccccc1C(=O)c1ccccc1CC#N. The van der Waals surface area contributed by atoms with Gasteiger partial charge >= 0.3 is 0 Å². The molecule has 2 aromatic carbocycles. The number of hydrogen-bond donors (Lipinski definition) is 0. The molecule has 3 nitrogen and oxygen atoms in total. The van der Waals surface area contributed by atoms with E-state index in [4.69, 9.17) is 10.5 Å². The Kier molecular flexibility index (Phi) is 4.27. The number of nitriles is 2. The monoisotopic (exact) mass is 260 g/mol. The third-order valence-electron chi connectivity index (χ3n) is 3.06. The summed E-state index contributed by atoms with van der Waals surface area (Å²) in [5.41, 5.74) is 2.48. The second-order valence-corrected chi connectivity index (χ2v) is 4.31. The van der Waals surface area contributed by atoms with Crippen molar-refractivity contribution in [2.75, 3.05) is 0 Å². The number of nitrogens with zero attached hydrogens (tertiary/aromatic N) is 2. The summed E-state index contributed by atoms with van der Waals surface area (Å²) in [7, 11) is 0. The lowest BCUT2D eigenvalue weighted by Crippen LogP contribution is -2.08. The fourth-order valence-electron chi connectivity index (χ4n) is 2.11. The zero-order valence-electron chi connectivity index (χ0n) is 10.8. The van der Waals surface area contributed by atoms with Crippen LogP contribution in [-0.4, -0.2) is 5.78 Å². The zero-order valence-corrected chi connectivity index (χ0v) is 10.8. The Balaban J connectivity index is 2.48. The first kappa shape index (κ1) is 13.5. The van der Waals surface area contributed by atoms with Gasteiger partial charge in [-0.2, -0.15) is 10.5 Å². The number of rotatable bonds is 4. The topological polar surface area (TPSA) is 64.7 Å². The quantitative estimate of drug-likeness (QED) is 0.793. The van der Waals surface area contributed by atoms with Crippen LogP contribution in [0, 0.1) is 22.7 Å². The summed E-state index contributed by atoms with van der Waals surface area (Å²) in [5, 5.41) is 17.7. The molecule has 3 heteroatoms. The average molecular weight is 260 g/mol. The molecule has 0 saturated heterocycles. The van der Waals surface area contributed by atoms with Crippen molar-refractivity contribution in [3.63, 3.8) is 0 Å². The maximum Gasteiger partial charge on any atom is 0.193 e. The fourth-order valence-corrected chi connectivity index (χ4v) is 2.11. The van der Waals surface area contributed by atoms with E-state index in [1.54, 1.807) is 36.4 Å². The van der Waals surface area contributed by atoms with Crippen LogP contribution in [0.15, 0.2) is 48.5 Å². The summed E-state index contributed by atoms with van der Waals surface area (Å²) in [6, 6.07) is 18.3. The molecule has 0 N–H and O–H groups in total. The smallest absolute Gasteiger partial charge is 0.193 e. The lowest BCUT2D eigenvalue weighted by atomic mass is 9.93. The number of hydrogen-bond acceptors (Lipinski definition) is 3. The normalized spacial score (nSPS) is 9.50. The van der Waals surface area contributed by atoms with Crippen molar-refractivity contribution in [1.29, 1.82) is 10.5 Å². The Morgan fingerprint density at radius 2 is 1.20 bits per heavy atom. The molecule has 0 spiro atoms. The van der Waals surface area contributed by atoms with E-state index < -0.39 is 0 Å². The van der Waals surface area contributed by atoms with Gasteiger partial charge in [-0.05, 0) is 11.1 Å². The van der Waals surface area contributed by atoms with Gasteiger partial charge in [-0.3, -0.25) is 4.79 Å². The maximum atomic E-state index is 12.6. The van der Waals surface area contributed by atoms with Gasteiger partial charge in [-0.1, -0.05) is 48.5 Å². The summed E-state index contributed by atoms with van der Waals surface area (Å²) in [6.45, 7) is 0. The van der Waals surface area contributed by atoms with Gasteiger partial charge in [0.15, 0.2) is 5.78 Å². The first-order valence-electron chi connectivity index (χ1n) is 6.22. The van der Waals surface area contributed by atoms with E-state index in [1.807, 2.05) is 12.1 Å². The summed E-state index contributed by atoms with van der Waals surface area (Å²) >= 11 is 0. The molecule has 0 saturated carbocycles. The number of carbonyl (C=O) groups excluding carboxylic acids is 1. The van der Waals surface area contributed by atoms with E-state index in [-0.39, 0.29) is 18.6 Å². The van der Waals surface area contributed by atoms with Crippen molar-refractivity contribution < 1.29 is 4.79 Å². The second kappa shape index (κ2) is 6.31. The molecule has 96 valence electrons. The third kappa shape index (κ3) is 2.74. The van der Waals surface area contributed by atoms with Crippen molar-refractivity contribution in [3.8, 4) is 12.1 Å². The van der Waals surface area contributed by atoms with Gasteiger partial charge < -0.3 is 0 Å². The molecule has 0 aromatic heterocycles. The minimum atomic E-state index is -0.137. The van der Waals surface area contributed by atoms with Gasteiger partial charge in [0.1, 0.15) is 0 Å². The molecule has 0 unspecified atom stereocenters. The van der Waals surface area contributed by atoms with Crippen LogP contribution in [0.3, 0.4) is 0 Å². The number of ketones is 1. The van der Waals surface area contributed by atoms with Crippen LogP contribution in [0.1, 0.15) is 27.0 Å². The molecule has 0 radical (unpaired) electrons. The Bertz CT molecular complexity index is 659. The number of benzene rings is 2. The van der Waals surface area contributed by atoms with Crippen LogP contribution in [0.2, 0.25) is 0 Å². The Labute approximate surface area is 117 Å². The second-order valence-electron chi connectivity index (χ2n) is 4.31. The minimum absolute atomic E-state index is 0.137. The van der Waals surface area contributed by atoms with Gasteiger partial charge in [-0.25, -0.2) is 0 Å². The first-order valence-corrected chi connectivity index (χ1v) is 6.22. The fraction of sp³-hybridized carbons (Fsp3) is 0.118. The van der Waals surface area contributed by atoms with E-state index in [9.17, 15) is 4.79 Å². The molecule has 0 amide bonds. The van der Waals surface area contributed by atoms with Gasteiger partial charge in [0.2, 0.25) is 0 Å². The highest BCUT2D eigenvalue weighted by Crippen LogP contribution is 2.18. The van der Waals surface area contributed by atoms with E-state index in [2.05, 4.69) is 12.1 Å². The summed E-state index contributed by atoms with van der Waals surface area (Å²) in [5.74, 6) is -0.137. The molecule has 20 heavy (non-hydrogen) atoms. The molecule has 2 rings (SSSR count). The standard InChI is InChI=1S/C17H12N2O/c18-11-9-13-5-1-3-7-15(13)17(20)16-8-4-2-6-14(16)10-12-19/h1-8H,9-10H2. The predicted octanol–water partition coefficient (Wildman–Crippen LogP) is 3.05. The molecule has 0 bridgehead atoms. The van der Waals surface area contributed by atoms with Gasteiger partial charge in [0.25, 0.3) is 0 Å². The largest absolute Gasteiger partial charge is 0.289 e. The van der Waals surface area contributed by atoms with Crippen LogP contribution < -0.4 is 0 Å². The summed E-state index contributed by atoms with van der Waals surface area (Å²) in [4.78, 5) is 12.6. The van der Waals surface area contributed by atoms with Crippen molar-refractivity contribution in [2.45, 2.75) is 12.8 Å². The molecular weight excluding hydrogens is 248 g/mol. The lowest BCUT2D eigenvalue weighted by molar-refractivity contribution is 0.103. The Hall–Kier alpha value is -2.91. The maximum absolute atomic E-state index is 12.6. The average Bonchev–Trinajstić information content (AvgIpc) is 2.48. The van der Waals surface area contributed by atoms with Crippen LogP contribution >= 0.6 is 0 Å². The van der Waals surface area contributed by atoms with E-state index >= 15 is 0 Å². The van der Waals surface area contributed by atoms with Crippen molar-refractivity contribution >= 4 is 5.78 Å². The van der Waals surface area contributed by atoms with Gasteiger partial charge in [-0.15, -0.1) is 0 Å². The highest BCUT2D eigenvalue weighted by molar-refractivity contribution is 6.10. The summed E-state index contributed by atoms with van der Waals surface area (Å²) in [6.07, 6.45) is 0.394. The molecule has 2 aromatic rings. The van der Waals surface area contributed by atoms with Crippen LogP contribution in [0.4, 0.5) is 0 Å². The van der Waals surface area contributed by atoms with E-state index in [0.29, 0.717) is 22.3 Å². The predicted molar refractivity (Wildman–Crippen MR) is 75.0 cm³/mol. The molecule has 0 aliphatic carbocycles. The molecule has 0 aliphatic heterocycles. The van der Waals surface area contributed by atoms with Crippen molar-refractivity contribution in [3.05, 3.63) is 70.8 Å². The zero-order chi connectivity index (χ0) is 14.4. The van der Waals surface area contributed by atoms with Crippen LogP contribution in [-0.2, 0) is 12.8 Å². The van der Waals surface area contributed by atoms with E-state index in [1.165, 1.54) is 0 Å². The minimum Gasteiger partial charge on any atom is -0.289 e. The Morgan fingerprint density at radius 3 is 1.60 bits per heavy atom. The lowest BCUT2D eigenvalue weighted by Gasteiger charge is -2.08. The van der Waals surface area contributed by atoms with Crippen LogP contribution in [0.25, 0.3) is 0 Å². The molecule has 0 aliphatic rings. The van der Waals surface area contributed by atoms with Crippen LogP contribution in [0.5, 0.6) is 0 Å². The third-order valence-corrected chi connectivity index (χ3v) is 3.06.